The van der Waals surface area contributed by atoms with Gasteiger partial charge in [0.15, 0.2) is 0 Å². The largest absolute Gasteiger partial charge is 0.349 e. The Balaban J connectivity index is 1.53. The molecule has 0 unspecified atom stereocenters. The summed E-state index contributed by atoms with van der Waals surface area (Å²) in [7, 11) is 0. The van der Waals surface area contributed by atoms with Crippen molar-refractivity contribution in [2.75, 3.05) is 0 Å². The fraction of sp³-hybridized carbons (Fsp3) is 0.208. The molecule has 5 heteroatoms. The number of hydrogen-bond donors (Lipinski definition) is 1. The lowest BCUT2D eigenvalue weighted by molar-refractivity contribution is 0.0951. The molecule has 1 N–H and O–H groups in total. The number of aromatic nitrogens is 3. The van der Waals surface area contributed by atoms with E-state index in [0.29, 0.717) is 11.6 Å². The number of amides is 1. The van der Waals surface area contributed by atoms with Gasteiger partial charge in [-0.2, -0.15) is 5.10 Å². The highest BCUT2D eigenvalue weighted by molar-refractivity contribution is 5.96. The molecule has 144 valence electrons. The number of benzene rings is 2. The Labute approximate surface area is 169 Å². The highest BCUT2D eigenvalue weighted by atomic mass is 16.1. The molecule has 2 aromatic heterocycles. The van der Waals surface area contributed by atoms with Gasteiger partial charge in [0, 0.05) is 22.6 Å². The van der Waals surface area contributed by atoms with Gasteiger partial charge in [0.05, 0.1) is 29.3 Å². The van der Waals surface area contributed by atoms with Crippen LogP contribution in [0.5, 0.6) is 0 Å². The lowest BCUT2D eigenvalue weighted by Gasteiger charge is -2.10. The number of fused-ring (bicyclic) bond motifs is 1. The van der Waals surface area contributed by atoms with E-state index < -0.39 is 0 Å². The summed E-state index contributed by atoms with van der Waals surface area (Å²) in [5.41, 5.74) is 6.75. The lowest BCUT2D eigenvalue weighted by Crippen LogP contribution is -2.25. The van der Waals surface area contributed by atoms with Gasteiger partial charge in [-0.15, -0.1) is 0 Å². The number of carbonyl (C=O) groups excluding carboxylic acids is 1. The molecular weight excluding hydrogens is 360 g/mol. The molecule has 1 aliphatic rings. The zero-order valence-corrected chi connectivity index (χ0v) is 16.5. The molecular formula is C24H22N4O. The van der Waals surface area contributed by atoms with Gasteiger partial charge in [-0.05, 0) is 68.1 Å². The van der Waals surface area contributed by atoms with Gasteiger partial charge in [0.25, 0.3) is 5.91 Å². The van der Waals surface area contributed by atoms with E-state index in [9.17, 15) is 4.79 Å². The molecule has 5 nitrogen and oxygen atoms in total. The number of carbonyl (C=O) groups is 1. The first-order chi connectivity index (χ1) is 14.1. The van der Waals surface area contributed by atoms with Crippen LogP contribution in [0.3, 0.4) is 0 Å². The summed E-state index contributed by atoms with van der Waals surface area (Å²) in [5.74, 6) is -0.0119. The first kappa shape index (κ1) is 17.6. The van der Waals surface area contributed by atoms with Crippen LogP contribution in [0.25, 0.3) is 27.8 Å². The molecule has 29 heavy (non-hydrogen) atoms. The molecule has 1 saturated carbocycles. The first-order valence-corrected chi connectivity index (χ1v) is 9.91. The van der Waals surface area contributed by atoms with Gasteiger partial charge in [-0.3, -0.25) is 9.78 Å². The van der Waals surface area contributed by atoms with Crippen molar-refractivity contribution in [3.63, 3.8) is 0 Å². The van der Waals surface area contributed by atoms with Crippen LogP contribution in [0.1, 0.15) is 34.3 Å². The second-order valence-electron chi connectivity index (χ2n) is 7.80. The summed E-state index contributed by atoms with van der Waals surface area (Å²) in [6, 6.07) is 16.4. The quantitative estimate of drug-likeness (QED) is 0.561. The normalized spacial score (nSPS) is 13.6. The Morgan fingerprint density at radius 3 is 2.72 bits per heavy atom. The summed E-state index contributed by atoms with van der Waals surface area (Å²) in [5, 5.41) is 8.63. The van der Waals surface area contributed by atoms with Crippen molar-refractivity contribution < 1.29 is 4.79 Å². The Kier molecular flexibility index (Phi) is 4.16. The van der Waals surface area contributed by atoms with Crippen LogP contribution in [0, 0.1) is 13.8 Å². The second kappa shape index (κ2) is 6.85. The number of nitrogens with one attached hydrogen (secondary N) is 1. The van der Waals surface area contributed by atoms with E-state index in [2.05, 4.69) is 29.5 Å². The van der Waals surface area contributed by atoms with Crippen LogP contribution in [-0.2, 0) is 0 Å². The fourth-order valence-electron chi connectivity index (χ4n) is 3.57. The minimum Gasteiger partial charge on any atom is -0.349 e. The van der Waals surface area contributed by atoms with Crippen LogP contribution < -0.4 is 5.32 Å². The predicted octanol–water partition coefficient (Wildman–Crippen LogP) is 4.60. The molecule has 2 aromatic carbocycles. The summed E-state index contributed by atoms with van der Waals surface area (Å²) in [6.07, 6.45) is 5.87. The van der Waals surface area contributed by atoms with E-state index in [0.717, 1.165) is 46.3 Å². The third-order valence-electron chi connectivity index (χ3n) is 5.39. The molecule has 2 heterocycles. The fourth-order valence-corrected chi connectivity index (χ4v) is 3.57. The van der Waals surface area contributed by atoms with Crippen molar-refractivity contribution in [1.82, 2.24) is 20.1 Å². The van der Waals surface area contributed by atoms with Gasteiger partial charge in [0.2, 0.25) is 0 Å². The third kappa shape index (κ3) is 3.40. The van der Waals surface area contributed by atoms with Crippen LogP contribution in [0.4, 0.5) is 0 Å². The highest BCUT2D eigenvalue weighted by Gasteiger charge is 2.24. The minimum atomic E-state index is -0.0119. The van der Waals surface area contributed by atoms with Gasteiger partial charge in [0.1, 0.15) is 0 Å². The molecule has 0 spiro atoms. The standard InChI is InChI=1S/C24H22N4O/c1-15-4-3-5-20(10-15)28-23-14-25-22(12-18(23)13-26-28)21-11-17(7-6-16(21)2)24(29)27-19-8-9-19/h3-7,10-14,19H,8-9H2,1-2H3,(H,27,29). The molecule has 1 aliphatic carbocycles. The summed E-state index contributed by atoms with van der Waals surface area (Å²) in [4.78, 5) is 17.1. The lowest BCUT2D eigenvalue weighted by atomic mass is 10.0. The number of rotatable bonds is 4. The molecule has 0 radical (unpaired) electrons. The maximum absolute atomic E-state index is 12.4. The van der Waals surface area contributed by atoms with E-state index in [1.807, 2.05) is 60.4 Å². The summed E-state index contributed by atoms with van der Waals surface area (Å²) < 4.78 is 1.91. The topological polar surface area (TPSA) is 59.8 Å². The van der Waals surface area contributed by atoms with Gasteiger partial charge in [-0.1, -0.05) is 18.2 Å². The zero-order valence-electron chi connectivity index (χ0n) is 16.5. The molecule has 0 saturated heterocycles. The summed E-state index contributed by atoms with van der Waals surface area (Å²) >= 11 is 0. The van der Waals surface area contributed by atoms with Crippen LogP contribution >= 0.6 is 0 Å². The van der Waals surface area contributed by atoms with E-state index in [1.165, 1.54) is 5.56 Å². The van der Waals surface area contributed by atoms with Crippen LogP contribution in [0.15, 0.2) is 60.9 Å². The SMILES string of the molecule is Cc1cccc(-n2ncc3cc(-c4cc(C(=O)NC5CC5)ccc4C)ncc32)c1. The molecule has 0 atom stereocenters. The smallest absolute Gasteiger partial charge is 0.251 e. The zero-order chi connectivity index (χ0) is 20.0. The van der Waals surface area contributed by atoms with E-state index in [4.69, 9.17) is 4.98 Å². The molecule has 0 aliphatic heterocycles. The molecule has 0 bridgehead atoms. The number of nitrogens with zero attached hydrogens (tertiary/aromatic N) is 3. The number of aryl methyl sites for hydroxylation is 2. The van der Waals surface area contributed by atoms with Crippen molar-refractivity contribution in [1.29, 1.82) is 0 Å². The van der Waals surface area contributed by atoms with Crippen LogP contribution in [0.2, 0.25) is 0 Å². The van der Waals surface area contributed by atoms with Crippen molar-refractivity contribution in [3.05, 3.63) is 77.6 Å². The Morgan fingerprint density at radius 2 is 1.93 bits per heavy atom. The van der Waals surface area contributed by atoms with Gasteiger partial charge >= 0.3 is 0 Å². The predicted molar refractivity (Wildman–Crippen MR) is 114 cm³/mol. The van der Waals surface area contributed by atoms with Crippen molar-refractivity contribution in [3.8, 4) is 16.9 Å². The summed E-state index contributed by atoms with van der Waals surface area (Å²) in [6.45, 7) is 4.11. The molecule has 1 amide bonds. The molecule has 1 fully saturated rings. The van der Waals surface area contributed by atoms with E-state index in [1.54, 1.807) is 0 Å². The maximum atomic E-state index is 12.4. The molecule has 5 rings (SSSR count). The van der Waals surface area contributed by atoms with Crippen LogP contribution in [-0.4, -0.2) is 26.7 Å². The Morgan fingerprint density at radius 1 is 1.07 bits per heavy atom. The average Bonchev–Trinajstić information content (AvgIpc) is 3.43. The maximum Gasteiger partial charge on any atom is 0.251 e. The van der Waals surface area contributed by atoms with E-state index >= 15 is 0 Å². The van der Waals surface area contributed by atoms with E-state index in [-0.39, 0.29) is 5.91 Å². The average molecular weight is 382 g/mol. The second-order valence-corrected chi connectivity index (χ2v) is 7.80. The minimum absolute atomic E-state index is 0.0119. The monoisotopic (exact) mass is 382 g/mol. The number of pyridine rings is 1. The van der Waals surface area contributed by atoms with Crippen molar-refractivity contribution in [2.45, 2.75) is 32.7 Å². The van der Waals surface area contributed by atoms with Gasteiger partial charge < -0.3 is 5.32 Å². The molecule has 4 aromatic rings. The number of hydrogen-bond acceptors (Lipinski definition) is 3. The van der Waals surface area contributed by atoms with Gasteiger partial charge in [-0.25, -0.2) is 4.68 Å². The first-order valence-electron chi connectivity index (χ1n) is 9.91. The van der Waals surface area contributed by atoms with Crippen molar-refractivity contribution in [2.24, 2.45) is 0 Å². The Bertz CT molecular complexity index is 1240. The Hall–Kier alpha value is -3.47. The third-order valence-corrected chi connectivity index (χ3v) is 5.39. The highest BCUT2D eigenvalue weighted by Crippen LogP contribution is 2.27. The van der Waals surface area contributed by atoms with Crippen molar-refractivity contribution >= 4 is 16.8 Å².